The van der Waals surface area contributed by atoms with Crippen molar-refractivity contribution in [3.05, 3.63) is 81.9 Å². The number of primary amides is 1. The van der Waals surface area contributed by atoms with Crippen molar-refractivity contribution in [1.82, 2.24) is 4.90 Å². The van der Waals surface area contributed by atoms with Gasteiger partial charge in [-0.15, -0.1) is 0 Å². The van der Waals surface area contributed by atoms with Crippen LogP contribution < -0.4 is 5.73 Å². The molecule has 6 heteroatoms. The molecule has 134 valence electrons. The first kappa shape index (κ1) is 18.4. The van der Waals surface area contributed by atoms with Crippen LogP contribution in [0, 0.1) is 11.3 Å². The van der Waals surface area contributed by atoms with Gasteiger partial charge in [-0.1, -0.05) is 41.9 Å². The number of hydrogen-bond donors (Lipinski definition) is 1. The first-order valence-electron chi connectivity index (χ1n) is 8.18. The molecule has 0 atom stereocenters. The van der Waals surface area contributed by atoms with E-state index in [-0.39, 0.29) is 16.5 Å². The van der Waals surface area contributed by atoms with Crippen LogP contribution >= 0.6 is 11.6 Å². The van der Waals surface area contributed by atoms with E-state index in [1.807, 2.05) is 12.1 Å². The van der Waals surface area contributed by atoms with Crippen LogP contribution in [0.15, 0.2) is 54.6 Å². The van der Waals surface area contributed by atoms with Crippen molar-refractivity contribution in [2.75, 3.05) is 7.05 Å². The fourth-order valence-electron chi connectivity index (χ4n) is 2.93. The molecule has 0 saturated heterocycles. The largest absolute Gasteiger partial charge is 0.366 e. The molecule has 0 aliphatic rings. The average Bonchev–Trinajstić information content (AvgIpc) is 2.67. The minimum Gasteiger partial charge on any atom is -0.366 e. The lowest BCUT2D eigenvalue weighted by molar-refractivity contribution is 0.0787. The SMILES string of the molecule is CN(Cc1ccc(C#N)cc1)C(=O)c1cccc2c(Cl)c(C(N)=O)ccc12. The van der Waals surface area contributed by atoms with E-state index in [2.05, 4.69) is 6.07 Å². The van der Waals surface area contributed by atoms with Gasteiger partial charge in [-0.05, 0) is 35.2 Å². The number of carbonyl (C=O) groups excluding carboxylic acids is 2. The van der Waals surface area contributed by atoms with Crippen LogP contribution in [0.1, 0.15) is 31.8 Å². The highest BCUT2D eigenvalue weighted by atomic mass is 35.5. The van der Waals surface area contributed by atoms with Crippen molar-refractivity contribution in [2.45, 2.75) is 6.54 Å². The van der Waals surface area contributed by atoms with Gasteiger partial charge in [0.25, 0.3) is 5.91 Å². The van der Waals surface area contributed by atoms with Gasteiger partial charge in [-0.2, -0.15) is 5.26 Å². The molecule has 2 amide bonds. The molecule has 0 heterocycles. The van der Waals surface area contributed by atoms with Gasteiger partial charge in [0.1, 0.15) is 0 Å². The molecule has 0 aromatic heterocycles. The van der Waals surface area contributed by atoms with E-state index in [0.717, 1.165) is 5.56 Å². The van der Waals surface area contributed by atoms with Crippen LogP contribution in [-0.4, -0.2) is 23.8 Å². The third-order valence-corrected chi connectivity index (χ3v) is 4.75. The fraction of sp³-hybridized carbons (Fsp3) is 0.0952. The smallest absolute Gasteiger partial charge is 0.254 e. The molecule has 0 bridgehead atoms. The number of halogens is 1. The number of nitrogens with two attached hydrogens (primary N) is 1. The zero-order chi connectivity index (χ0) is 19.6. The molecule has 0 radical (unpaired) electrons. The Bertz CT molecular complexity index is 1090. The summed E-state index contributed by atoms with van der Waals surface area (Å²) in [4.78, 5) is 26.0. The van der Waals surface area contributed by atoms with Crippen LogP contribution in [0.5, 0.6) is 0 Å². The highest BCUT2D eigenvalue weighted by molar-refractivity contribution is 6.39. The topological polar surface area (TPSA) is 87.2 Å². The van der Waals surface area contributed by atoms with E-state index in [1.54, 1.807) is 48.3 Å². The molecule has 3 rings (SSSR count). The average molecular weight is 378 g/mol. The quantitative estimate of drug-likeness (QED) is 0.751. The van der Waals surface area contributed by atoms with E-state index in [9.17, 15) is 9.59 Å². The van der Waals surface area contributed by atoms with Gasteiger partial charge in [-0.25, -0.2) is 0 Å². The summed E-state index contributed by atoms with van der Waals surface area (Å²) in [5.41, 5.74) is 7.54. The molecule has 3 aromatic rings. The Morgan fingerprint density at radius 3 is 2.37 bits per heavy atom. The van der Waals surface area contributed by atoms with Crippen molar-refractivity contribution < 1.29 is 9.59 Å². The van der Waals surface area contributed by atoms with Crippen LogP contribution in [-0.2, 0) is 6.54 Å². The Labute approximate surface area is 161 Å². The van der Waals surface area contributed by atoms with Crippen molar-refractivity contribution in [1.29, 1.82) is 5.26 Å². The standard InChI is InChI=1S/C21H16ClN3O2/c1-25(12-14-7-5-13(11-23)6-8-14)21(27)17-4-2-3-16-15(17)9-10-18(19(16)22)20(24)26/h2-10H,12H2,1H3,(H2,24,26). The predicted octanol–water partition coefficient (Wildman–Crippen LogP) is 3.74. The molecule has 0 spiro atoms. The van der Waals surface area contributed by atoms with Crippen LogP contribution in [0.25, 0.3) is 10.8 Å². The molecule has 27 heavy (non-hydrogen) atoms. The molecular formula is C21H16ClN3O2. The van der Waals surface area contributed by atoms with E-state index >= 15 is 0 Å². The van der Waals surface area contributed by atoms with Gasteiger partial charge in [0, 0.05) is 24.5 Å². The third-order valence-electron chi connectivity index (χ3n) is 4.34. The number of hydrogen-bond acceptors (Lipinski definition) is 3. The Morgan fingerprint density at radius 2 is 1.74 bits per heavy atom. The second-order valence-corrected chi connectivity index (χ2v) is 6.54. The highest BCUT2D eigenvalue weighted by Crippen LogP contribution is 2.30. The second kappa shape index (κ2) is 7.48. The maximum Gasteiger partial charge on any atom is 0.254 e. The van der Waals surface area contributed by atoms with E-state index in [1.165, 1.54) is 6.07 Å². The molecule has 2 N–H and O–H groups in total. The van der Waals surface area contributed by atoms with Crippen molar-refractivity contribution in [3.63, 3.8) is 0 Å². The summed E-state index contributed by atoms with van der Waals surface area (Å²) in [5.74, 6) is -0.788. The maximum atomic E-state index is 13.0. The van der Waals surface area contributed by atoms with Gasteiger partial charge in [0.2, 0.25) is 5.91 Å². The Kier molecular flexibility index (Phi) is 5.11. The Balaban J connectivity index is 1.94. The number of fused-ring (bicyclic) bond motifs is 1. The van der Waals surface area contributed by atoms with Crippen LogP contribution in [0.3, 0.4) is 0 Å². The first-order valence-corrected chi connectivity index (χ1v) is 8.55. The monoisotopic (exact) mass is 377 g/mol. The van der Waals surface area contributed by atoms with Gasteiger partial charge < -0.3 is 10.6 Å². The first-order chi connectivity index (χ1) is 12.9. The number of nitriles is 1. The van der Waals surface area contributed by atoms with E-state index in [4.69, 9.17) is 22.6 Å². The van der Waals surface area contributed by atoms with Crippen molar-refractivity contribution >= 4 is 34.2 Å². The van der Waals surface area contributed by atoms with Crippen LogP contribution in [0.4, 0.5) is 0 Å². The highest BCUT2D eigenvalue weighted by Gasteiger charge is 2.18. The van der Waals surface area contributed by atoms with Gasteiger partial charge in [-0.3, -0.25) is 9.59 Å². The number of benzene rings is 3. The summed E-state index contributed by atoms with van der Waals surface area (Å²) in [6, 6.07) is 17.6. The molecule has 0 fully saturated rings. The van der Waals surface area contributed by atoms with Gasteiger partial charge >= 0.3 is 0 Å². The zero-order valence-electron chi connectivity index (χ0n) is 14.6. The fourth-order valence-corrected chi connectivity index (χ4v) is 3.25. The van der Waals surface area contributed by atoms with Gasteiger partial charge in [0.05, 0.1) is 22.2 Å². The number of nitrogens with zero attached hydrogens (tertiary/aromatic N) is 2. The Morgan fingerprint density at radius 1 is 1.04 bits per heavy atom. The third kappa shape index (κ3) is 3.62. The normalized spacial score (nSPS) is 10.4. The van der Waals surface area contributed by atoms with Crippen LogP contribution in [0.2, 0.25) is 5.02 Å². The lowest BCUT2D eigenvalue weighted by Gasteiger charge is -2.19. The summed E-state index contributed by atoms with van der Waals surface area (Å²) >= 11 is 6.30. The number of carbonyl (C=O) groups is 2. The number of rotatable bonds is 4. The summed E-state index contributed by atoms with van der Waals surface area (Å²) in [7, 11) is 1.71. The predicted molar refractivity (Wildman–Crippen MR) is 104 cm³/mol. The summed E-state index contributed by atoms with van der Waals surface area (Å²) in [6.07, 6.45) is 0. The van der Waals surface area contributed by atoms with E-state index in [0.29, 0.717) is 28.4 Å². The summed E-state index contributed by atoms with van der Waals surface area (Å²) < 4.78 is 0. The number of amides is 2. The molecule has 0 unspecified atom stereocenters. The van der Waals surface area contributed by atoms with Crippen molar-refractivity contribution in [3.8, 4) is 6.07 Å². The maximum absolute atomic E-state index is 13.0. The minimum atomic E-state index is -0.614. The van der Waals surface area contributed by atoms with Crippen molar-refractivity contribution in [2.24, 2.45) is 5.73 Å². The lowest BCUT2D eigenvalue weighted by atomic mass is 10.0. The molecule has 0 aliphatic carbocycles. The summed E-state index contributed by atoms with van der Waals surface area (Å²) in [5, 5.41) is 10.4. The molecule has 0 aliphatic heterocycles. The van der Waals surface area contributed by atoms with Gasteiger partial charge in [0.15, 0.2) is 0 Å². The molecule has 5 nitrogen and oxygen atoms in total. The lowest BCUT2D eigenvalue weighted by Crippen LogP contribution is -2.26. The molecule has 0 saturated carbocycles. The van der Waals surface area contributed by atoms with E-state index < -0.39 is 5.91 Å². The Hall–Kier alpha value is -3.36. The minimum absolute atomic E-state index is 0.173. The zero-order valence-corrected chi connectivity index (χ0v) is 15.3. The molecule has 3 aromatic carbocycles. The molecular weight excluding hydrogens is 362 g/mol. The summed E-state index contributed by atoms with van der Waals surface area (Å²) in [6.45, 7) is 0.397. The second-order valence-electron chi connectivity index (χ2n) is 6.16.